The zero-order valence-electron chi connectivity index (χ0n) is 15.6. The Labute approximate surface area is 147 Å². The van der Waals surface area contributed by atoms with Gasteiger partial charge in [0.1, 0.15) is 0 Å². The van der Waals surface area contributed by atoms with E-state index >= 15 is 0 Å². The molecule has 3 aliphatic rings. The fourth-order valence-electron chi connectivity index (χ4n) is 4.34. The summed E-state index contributed by atoms with van der Waals surface area (Å²) < 4.78 is 5.49. The maximum absolute atomic E-state index is 12.5. The van der Waals surface area contributed by atoms with Crippen molar-refractivity contribution in [3.8, 4) is 0 Å². The van der Waals surface area contributed by atoms with Crippen LogP contribution in [-0.4, -0.2) is 86.2 Å². The van der Waals surface area contributed by atoms with Crippen LogP contribution in [0.2, 0.25) is 0 Å². The van der Waals surface area contributed by atoms with Crippen LogP contribution < -0.4 is 0 Å². The van der Waals surface area contributed by atoms with Gasteiger partial charge in [0.05, 0.1) is 13.2 Å². The summed E-state index contributed by atoms with van der Waals surface area (Å²) in [7, 11) is 2.13. The number of hydrogen-bond donors (Lipinski definition) is 0. The van der Waals surface area contributed by atoms with Crippen molar-refractivity contribution in [1.29, 1.82) is 0 Å². The Morgan fingerprint density at radius 2 is 1.79 bits per heavy atom. The minimum atomic E-state index is 0.329. The molecule has 24 heavy (non-hydrogen) atoms. The average Bonchev–Trinajstić information content (AvgIpc) is 3.09. The topological polar surface area (TPSA) is 36.0 Å². The van der Waals surface area contributed by atoms with Crippen LogP contribution in [0, 0.1) is 11.8 Å². The van der Waals surface area contributed by atoms with E-state index in [1.807, 2.05) is 0 Å². The Balaban J connectivity index is 1.36. The van der Waals surface area contributed by atoms with Crippen molar-refractivity contribution in [2.24, 2.45) is 11.8 Å². The summed E-state index contributed by atoms with van der Waals surface area (Å²) in [6.45, 7) is 10.2. The summed E-state index contributed by atoms with van der Waals surface area (Å²) in [5.41, 5.74) is 0. The average molecular weight is 338 g/mol. The van der Waals surface area contributed by atoms with Gasteiger partial charge in [-0.2, -0.15) is 0 Å². The van der Waals surface area contributed by atoms with Crippen molar-refractivity contribution >= 4 is 5.91 Å². The molecule has 138 valence electrons. The second-order valence-electron chi connectivity index (χ2n) is 8.24. The van der Waals surface area contributed by atoms with Gasteiger partial charge in [-0.1, -0.05) is 6.92 Å². The lowest BCUT2D eigenvalue weighted by atomic mass is 9.99. The molecule has 0 bridgehead atoms. The van der Waals surface area contributed by atoms with E-state index in [-0.39, 0.29) is 0 Å². The maximum atomic E-state index is 12.5. The van der Waals surface area contributed by atoms with Gasteiger partial charge in [-0.3, -0.25) is 9.69 Å². The Bertz CT molecular complexity index is 395. The number of nitrogens with zero attached hydrogens (tertiary/aromatic N) is 3. The van der Waals surface area contributed by atoms with Crippen molar-refractivity contribution in [2.75, 3.05) is 59.5 Å². The third-order valence-corrected chi connectivity index (χ3v) is 6.24. The Morgan fingerprint density at radius 3 is 2.42 bits per heavy atom. The van der Waals surface area contributed by atoms with Gasteiger partial charge in [0.15, 0.2) is 0 Å². The number of ether oxygens (including phenoxy) is 1. The smallest absolute Gasteiger partial charge is 0.236 e. The summed E-state index contributed by atoms with van der Waals surface area (Å²) in [6, 6.07) is 0.564. The molecule has 1 atom stereocenters. The zero-order valence-corrected chi connectivity index (χ0v) is 15.6. The largest absolute Gasteiger partial charge is 0.381 e. The summed E-state index contributed by atoms with van der Waals surface area (Å²) in [6.07, 6.45) is 5.93. The molecule has 0 spiro atoms. The van der Waals surface area contributed by atoms with E-state index < -0.39 is 0 Å². The second-order valence-corrected chi connectivity index (χ2v) is 8.24. The van der Waals surface area contributed by atoms with Gasteiger partial charge < -0.3 is 14.5 Å². The Kier molecular flexibility index (Phi) is 6.53. The minimum Gasteiger partial charge on any atom is -0.381 e. The van der Waals surface area contributed by atoms with Gasteiger partial charge in [-0.15, -0.1) is 0 Å². The molecule has 5 nitrogen and oxygen atoms in total. The molecule has 0 aromatic rings. The van der Waals surface area contributed by atoms with E-state index in [9.17, 15) is 4.79 Å². The first kappa shape index (κ1) is 18.2. The predicted octanol–water partition coefficient (Wildman–Crippen LogP) is 1.68. The number of likely N-dealkylation sites (tertiary alicyclic amines) is 2. The predicted molar refractivity (Wildman–Crippen MR) is 96.0 cm³/mol. The molecular weight excluding hydrogens is 302 g/mol. The highest BCUT2D eigenvalue weighted by Crippen LogP contribution is 2.20. The lowest BCUT2D eigenvalue weighted by molar-refractivity contribution is -0.134. The number of rotatable bonds is 5. The normalized spacial score (nSPS) is 28.0. The van der Waals surface area contributed by atoms with Gasteiger partial charge in [0.25, 0.3) is 0 Å². The molecule has 1 amide bonds. The van der Waals surface area contributed by atoms with Crippen molar-refractivity contribution in [3.05, 3.63) is 0 Å². The van der Waals surface area contributed by atoms with Gasteiger partial charge in [0, 0.05) is 32.3 Å². The second kappa shape index (κ2) is 8.63. The van der Waals surface area contributed by atoms with Gasteiger partial charge in [0.2, 0.25) is 5.91 Å². The zero-order chi connectivity index (χ0) is 16.9. The highest BCUT2D eigenvalue weighted by atomic mass is 16.5. The first-order valence-electron chi connectivity index (χ1n) is 9.90. The number of likely N-dealkylation sites (N-methyl/N-ethyl adjacent to an activating group) is 1. The first-order valence-corrected chi connectivity index (χ1v) is 9.90. The molecule has 0 aromatic carbocycles. The van der Waals surface area contributed by atoms with Crippen LogP contribution in [-0.2, 0) is 9.53 Å². The quantitative estimate of drug-likeness (QED) is 0.765. The molecule has 3 heterocycles. The molecule has 0 aromatic heterocycles. The van der Waals surface area contributed by atoms with Crippen molar-refractivity contribution < 1.29 is 9.53 Å². The monoisotopic (exact) mass is 337 g/mol. The minimum absolute atomic E-state index is 0.329. The van der Waals surface area contributed by atoms with E-state index in [1.165, 1.54) is 51.7 Å². The fraction of sp³-hybridized carbons (Fsp3) is 0.947. The van der Waals surface area contributed by atoms with E-state index in [1.54, 1.807) is 0 Å². The third kappa shape index (κ3) is 4.93. The molecule has 0 aliphatic carbocycles. The van der Waals surface area contributed by atoms with Crippen LogP contribution in [0.15, 0.2) is 0 Å². The maximum Gasteiger partial charge on any atom is 0.236 e. The van der Waals surface area contributed by atoms with E-state index in [0.717, 1.165) is 38.1 Å². The SMILES string of the molecule is CC1CCN(C(=O)CN(C)C2CCN(CC3CCOC3)CC2)CC1. The molecule has 0 radical (unpaired) electrons. The summed E-state index contributed by atoms with van der Waals surface area (Å²) >= 11 is 0. The molecule has 3 rings (SSSR count). The van der Waals surface area contributed by atoms with E-state index in [4.69, 9.17) is 4.74 Å². The molecule has 1 unspecified atom stereocenters. The molecule has 3 fully saturated rings. The van der Waals surface area contributed by atoms with Gasteiger partial charge >= 0.3 is 0 Å². The van der Waals surface area contributed by atoms with Crippen LogP contribution in [0.3, 0.4) is 0 Å². The fourth-order valence-corrected chi connectivity index (χ4v) is 4.34. The van der Waals surface area contributed by atoms with Crippen molar-refractivity contribution in [1.82, 2.24) is 14.7 Å². The van der Waals surface area contributed by atoms with E-state index in [0.29, 0.717) is 18.5 Å². The number of carbonyl (C=O) groups is 1. The third-order valence-electron chi connectivity index (χ3n) is 6.24. The first-order chi connectivity index (χ1) is 11.6. The van der Waals surface area contributed by atoms with Crippen LogP contribution in [0.25, 0.3) is 0 Å². The van der Waals surface area contributed by atoms with Crippen LogP contribution in [0.4, 0.5) is 0 Å². The molecule has 0 N–H and O–H groups in total. The Hall–Kier alpha value is -0.650. The van der Waals surface area contributed by atoms with Crippen molar-refractivity contribution in [2.45, 2.75) is 45.1 Å². The number of amides is 1. The van der Waals surface area contributed by atoms with Crippen LogP contribution >= 0.6 is 0 Å². The van der Waals surface area contributed by atoms with Crippen LogP contribution in [0.1, 0.15) is 39.0 Å². The highest BCUT2D eigenvalue weighted by Gasteiger charge is 2.28. The molecule has 3 saturated heterocycles. The Morgan fingerprint density at radius 1 is 1.08 bits per heavy atom. The summed E-state index contributed by atoms with van der Waals surface area (Å²) in [5, 5.41) is 0. The molecule has 0 saturated carbocycles. The van der Waals surface area contributed by atoms with E-state index in [2.05, 4.69) is 28.7 Å². The number of carbonyl (C=O) groups excluding carboxylic acids is 1. The lowest BCUT2D eigenvalue weighted by Gasteiger charge is -2.38. The molecular formula is C19H35N3O2. The standard InChI is InChI=1S/C19H35N3O2/c1-16-3-10-22(11-4-16)19(23)14-20(2)18-5-8-21(9-6-18)13-17-7-12-24-15-17/h16-18H,3-15H2,1-2H3. The number of piperidine rings is 2. The van der Waals surface area contributed by atoms with Crippen LogP contribution in [0.5, 0.6) is 0 Å². The van der Waals surface area contributed by atoms with Gasteiger partial charge in [-0.05, 0) is 64.1 Å². The molecule has 3 aliphatic heterocycles. The molecule has 5 heteroatoms. The van der Waals surface area contributed by atoms with Crippen molar-refractivity contribution in [3.63, 3.8) is 0 Å². The lowest BCUT2D eigenvalue weighted by Crippen LogP contribution is -2.49. The summed E-state index contributed by atoms with van der Waals surface area (Å²) in [4.78, 5) is 19.5. The highest BCUT2D eigenvalue weighted by molar-refractivity contribution is 5.78. The summed E-state index contributed by atoms with van der Waals surface area (Å²) in [5.74, 6) is 1.85. The number of hydrogen-bond acceptors (Lipinski definition) is 4. The van der Waals surface area contributed by atoms with Gasteiger partial charge in [-0.25, -0.2) is 0 Å².